The summed E-state index contributed by atoms with van der Waals surface area (Å²) in [6, 6.07) is 0.439. The van der Waals surface area contributed by atoms with Gasteiger partial charge in [0.05, 0.1) is 5.69 Å². The van der Waals surface area contributed by atoms with Crippen LogP contribution in [0.3, 0.4) is 0 Å². The molecular formula is C6H6F3N3O2S. The fourth-order valence-corrected chi connectivity index (χ4v) is 1.49. The molecule has 0 amide bonds. The van der Waals surface area contributed by atoms with Gasteiger partial charge in [-0.15, -0.1) is 0 Å². The van der Waals surface area contributed by atoms with Gasteiger partial charge in [-0.3, -0.25) is 0 Å². The highest BCUT2D eigenvalue weighted by molar-refractivity contribution is 7.89. The molecule has 0 radical (unpaired) electrons. The van der Waals surface area contributed by atoms with E-state index < -0.39 is 38.7 Å². The number of nitrogens with zero attached hydrogens (tertiary/aromatic N) is 1. The molecule has 0 unspecified atom stereocenters. The number of primary sulfonamides is 1. The number of anilines is 1. The highest BCUT2D eigenvalue weighted by Crippen LogP contribution is 2.24. The number of nitrogens with two attached hydrogens (primary N) is 2. The summed E-state index contributed by atoms with van der Waals surface area (Å²) >= 11 is 0. The Labute approximate surface area is 83.0 Å². The molecule has 0 aromatic carbocycles. The van der Waals surface area contributed by atoms with Crippen LogP contribution in [0.15, 0.2) is 11.1 Å². The zero-order chi connectivity index (χ0) is 11.8. The van der Waals surface area contributed by atoms with Crippen LogP contribution in [0.25, 0.3) is 0 Å². The molecule has 1 rings (SSSR count). The highest BCUT2D eigenvalue weighted by Gasteiger charge is 2.22. The summed E-state index contributed by atoms with van der Waals surface area (Å²) in [5.74, 6) is -1.38. The Balaban J connectivity index is 3.50. The molecule has 0 spiro atoms. The third-order valence-corrected chi connectivity index (χ3v) is 2.34. The number of hydrogen-bond acceptors (Lipinski definition) is 4. The number of pyridine rings is 1. The first-order valence-corrected chi connectivity index (χ1v) is 5.05. The fourth-order valence-electron chi connectivity index (χ4n) is 0.880. The molecule has 1 aromatic rings. The number of aromatic nitrogens is 1. The maximum atomic E-state index is 12.8. The predicted octanol–water partition coefficient (Wildman–Crippen LogP) is 0.388. The number of alkyl halides is 2. The van der Waals surface area contributed by atoms with Crippen LogP contribution in [0.4, 0.5) is 18.9 Å². The monoisotopic (exact) mass is 241 g/mol. The summed E-state index contributed by atoms with van der Waals surface area (Å²) in [6.45, 7) is 0. The van der Waals surface area contributed by atoms with E-state index in [0.717, 1.165) is 0 Å². The van der Waals surface area contributed by atoms with Crippen molar-refractivity contribution in [3.05, 3.63) is 17.6 Å². The van der Waals surface area contributed by atoms with E-state index in [-0.39, 0.29) is 0 Å². The van der Waals surface area contributed by atoms with Crippen molar-refractivity contribution in [1.29, 1.82) is 0 Å². The quantitative estimate of drug-likeness (QED) is 0.782. The predicted molar refractivity (Wildman–Crippen MR) is 44.9 cm³/mol. The van der Waals surface area contributed by atoms with E-state index in [0.29, 0.717) is 6.07 Å². The van der Waals surface area contributed by atoms with Crippen LogP contribution in [-0.2, 0) is 10.0 Å². The smallest absolute Gasteiger partial charge is 0.283 e. The van der Waals surface area contributed by atoms with Crippen LogP contribution >= 0.6 is 0 Å². The number of sulfonamides is 1. The van der Waals surface area contributed by atoms with Crippen molar-refractivity contribution in [3.8, 4) is 0 Å². The SMILES string of the molecule is Nc1cc(F)c(C(F)F)nc1S(N)(=O)=O. The average Bonchev–Trinajstić information content (AvgIpc) is 2.00. The zero-order valence-electron chi connectivity index (χ0n) is 7.12. The standard InChI is InChI=1S/C6H6F3N3O2S/c7-2-1-3(10)6(15(11,13)14)12-4(2)5(8)9/h1,5H,10H2,(H2,11,13,14). The summed E-state index contributed by atoms with van der Waals surface area (Å²) in [7, 11) is -4.34. The van der Waals surface area contributed by atoms with Crippen molar-refractivity contribution in [3.63, 3.8) is 0 Å². The lowest BCUT2D eigenvalue weighted by Crippen LogP contribution is -2.18. The molecule has 1 heterocycles. The van der Waals surface area contributed by atoms with E-state index >= 15 is 0 Å². The molecule has 0 aliphatic heterocycles. The van der Waals surface area contributed by atoms with Gasteiger partial charge in [-0.1, -0.05) is 0 Å². The number of nitrogen functional groups attached to an aromatic ring is 1. The molecule has 0 bridgehead atoms. The summed E-state index contributed by atoms with van der Waals surface area (Å²) < 4.78 is 58.7. The van der Waals surface area contributed by atoms with Gasteiger partial charge in [0.15, 0.2) is 10.8 Å². The molecule has 0 atom stereocenters. The number of halogens is 3. The first-order chi connectivity index (χ1) is 6.73. The molecule has 0 aliphatic rings. The van der Waals surface area contributed by atoms with Gasteiger partial charge >= 0.3 is 0 Å². The van der Waals surface area contributed by atoms with Crippen molar-refractivity contribution in [1.82, 2.24) is 4.98 Å². The Bertz CT molecular complexity index is 489. The third-order valence-electron chi connectivity index (χ3n) is 1.47. The summed E-state index contributed by atoms with van der Waals surface area (Å²) in [6.07, 6.45) is -3.24. The second-order valence-corrected chi connectivity index (χ2v) is 4.07. The van der Waals surface area contributed by atoms with Gasteiger partial charge in [-0.25, -0.2) is 31.7 Å². The topological polar surface area (TPSA) is 99.1 Å². The second kappa shape index (κ2) is 3.66. The Morgan fingerprint density at radius 2 is 1.93 bits per heavy atom. The van der Waals surface area contributed by atoms with Gasteiger partial charge in [0.1, 0.15) is 5.69 Å². The highest BCUT2D eigenvalue weighted by atomic mass is 32.2. The Hall–Kier alpha value is -1.35. The lowest BCUT2D eigenvalue weighted by Gasteiger charge is -2.06. The van der Waals surface area contributed by atoms with Gasteiger partial charge in [0.2, 0.25) is 0 Å². The van der Waals surface area contributed by atoms with Crippen molar-refractivity contribution in [2.75, 3.05) is 5.73 Å². The molecule has 5 nitrogen and oxygen atoms in total. The summed E-state index contributed by atoms with van der Waals surface area (Å²) in [5.41, 5.74) is 3.16. The van der Waals surface area contributed by atoms with Crippen molar-refractivity contribution in [2.24, 2.45) is 5.14 Å². The maximum Gasteiger partial charge on any atom is 0.283 e. The number of hydrogen-bond donors (Lipinski definition) is 2. The van der Waals surface area contributed by atoms with Gasteiger partial charge < -0.3 is 5.73 Å². The Morgan fingerprint density at radius 3 is 2.33 bits per heavy atom. The molecule has 1 aromatic heterocycles. The maximum absolute atomic E-state index is 12.8. The van der Waals surface area contributed by atoms with Crippen LogP contribution in [-0.4, -0.2) is 13.4 Å². The molecule has 84 valence electrons. The van der Waals surface area contributed by atoms with Crippen LogP contribution in [0.2, 0.25) is 0 Å². The molecule has 0 saturated carbocycles. The van der Waals surface area contributed by atoms with E-state index in [9.17, 15) is 21.6 Å². The summed E-state index contributed by atoms with van der Waals surface area (Å²) in [5, 5.41) is 3.68. The van der Waals surface area contributed by atoms with Crippen LogP contribution in [0.1, 0.15) is 12.1 Å². The molecule has 0 saturated heterocycles. The minimum Gasteiger partial charge on any atom is -0.396 e. The minimum atomic E-state index is -4.34. The Morgan fingerprint density at radius 1 is 1.40 bits per heavy atom. The van der Waals surface area contributed by atoms with Crippen LogP contribution in [0, 0.1) is 5.82 Å². The Kier molecular flexibility index (Phi) is 2.86. The first-order valence-electron chi connectivity index (χ1n) is 3.50. The van der Waals surface area contributed by atoms with Gasteiger partial charge in [-0.05, 0) is 0 Å². The van der Waals surface area contributed by atoms with Crippen LogP contribution in [0.5, 0.6) is 0 Å². The summed E-state index contributed by atoms with van der Waals surface area (Å²) in [4.78, 5) is 2.88. The average molecular weight is 241 g/mol. The van der Waals surface area contributed by atoms with Gasteiger partial charge in [-0.2, -0.15) is 0 Å². The lowest BCUT2D eigenvalue weighted by atomic mass is 10.3. The third kappa shape index (κ3) is 2.36. The van der Waals surface area contributed by atoms with Gasteiger partial charge in [0.25, 0.3) is 16.4 Å². The van der Waals surface area contributed by atoms with E-state index in [1.807, 2.05) is 0 Å². The molecule has 0 aliphatic carbocycles. The second-order valence-electron chi connectivity index (χ2n) is 2.60. The largest absolute Gasteiger partial charge is 0.396 e. The van der Waals surface area contributed by atoms with Crippen molar-refractivity contribution >= 4 is 15.7 Å². The molecule has 9 heteroatoms. The molecule has 15 heavy (non-hydrogen) atoms. The van der Waals surface area contributed by atoms with Crippen molar-refractivity contribution in [2.45, 2.75) is 11.5 Å². The lowest BCUT2D eigenvalue weighted by molar-refractivity contribution is 0.140. The van der Waals surface area contributed by atoms with E-state index in [2.05, 4.69) is 10.1 Å². The van der Waals surface area contributed by atoms with Crippen LogP contribution < -0.4 is 10.9 Å². The fraction of sp³-hybridized carbons (Fsp3) is 0.167. The number of rotatable bonds is 2. The normalized spacial score (nSPS) is 12.1. The van der Waals surface area contributed by atoms with E-state index in [4.69, 9.17) is 5.73 Å². The molecule has 0 fully saturated rings. The molecular weight excluding hydrogens is 235 g/mol. The minimum absolute atomic E-state index is 0.439. The molecule has 4 N–H and O–H groups in total. The van der Waals surface area contributed by atoms with Crippen molar-refractivity contribution < 1.29 is 21.6 Å². The zero-order valence-corrected chi connectivity index (χ0v) is 7.93. The van der Waals surface area contributed by atoms with Gasteiger partial charge in [0, 0.05) is 6.07 Å². The van der Waals surface area contributed by atoms with E-state index in [1.165, 1.54) is 0 Å². The first kappa shape index (κ1) is 11.7. The van der Waals surface area contributed by atoms with E-state index in [1.54, 1.807) is 0 Å².